The molecular weight excluding hydrogens is 469 g/mol. The first-order valence-electron chi connectivity index (χ1n) is 9.06. The molecular formula is C19H17F3N4O4S2. The highest BCUT2D eigenvalue weighted by atomic mass is 32.1. The number of rotatable bonds is 7. The molecule has 0 bridgehead atoms. The van der Waals surface area contributed by atoms with Gasteiger partial charge in [0.25, 0.3) is 5.91 Å². The number of thiazole rings is 1. The second-order valence-electron chi connectivity index (χ2n) is 6.71. The van der Waals surface area contributed by atoms with Crippen molar-refractivity contribution < 1.29 is 32.3 Å². The summed E-state index contributed by atoms with van der Waals surface area (Å²) in [7, 11) is 3.71. The number of halogens is 3. The first kappa shape index (κ1) is 23.5. The molecule has 2 amide bonds. The van der Waals surface area contributed by atoms with Crippen LogP contribution in [0.3, 0.4) is 0 Å². The SMILES string of the molecule is CC(OC(=O)c1cc2sc(N(C)C)nc2s1)C(=O)NCC(=O)Nc1ccc(F)c(F)c1F. The van der Waals surface area contributed by atoms with Crippen LogP contribution in [0.1, 0.15) is 16.6 Å². The molecule has 1 unspecified atom stereocenters. The van der Waals surface area contributed by atoms with Gasteiger partial charge in [-0.15, -0.1) is 11.3 Å². The molecule has 0 spiro atoms. The molecule has 0 saturated heterocycles. The molecule has 32 heavy (non-hydrogen) atoms. The molecule has 0 aliphatic heterocycles. The second-order valence-corrected chi connectivity index (χ2v) is 8.75. The lowest BCUT2D eigenvalue weighted by molar-refractivity contribution is -0.130. The fourth-order valence-electron chi connectivity index (χ4n) is 2.42. The van der Waals surface area contributed by atoms with Crippen molar-refractivity contribution in [1.29, 1.82) is 0 Å². The number of esters is 1. The maximum absolute atomic E-state index is 13.6. The van der Waals surface area contributed by atoms with Crippen LogP contribution in [0.15, 0.2) is 18.2 Å². The Balaban J connectivity index is 1.52. The Kier molecular flexibility index (Phi) is 6.99. The van der Waals surface area contributed by atoms with E-state index >= 15 is 0 Å². The third-order valence-electron chi connectivity index (χ3n) is 4.05. The summed E-state index contributed by atoms with van der Waals surface area (Å²) in [6.45, 7) is 0.712. The van der Waals surface area contributed by atoms with Crippen molar-refractivity contribution in [1.82, 2.24) is 10.3 Å². The highest BCUT2D eigenvalue weighted by Gasteiger charge is 2.22. The van der Waals surface area contributed by atoms with Gasteiger partial charge in [0.05, 0.1) is 16.9 Å². The van der Waals surface area contributed by atoms with E-state index < -0.39 is 53.6 Å². The number of thiophene rings is 1. The topological polar surface area (TPSA) is 101 Å². The zero-order valence-electron chi connectivity index (χ0n) is 17.0. The Hall–Kier alpha value is -3.19. The highest BCUT2D eigenvalue weighted by Crippen LogP contribution is 2.34. The summed E-state index contributed by atoms with van der Waals surface area (Å²) in [6.07, 6.45) is -1.22. The van der Waals surface area contributed by atoms with Crippen LogP contribution in [-0.4, -0.2) is 49.5 Å². The van der Waals surface area contributed by atoms with Gasteiger partial charge >= 0.3 is 5.97 Å². The van der Waals surface area contributed by atoms with E-state index in [9.17, 15) is 27.6 Å². The summed E-state index contributed by atoms with van der Waals surface area (Å²) in [5, 5.41) is 5.02. The predicted molar refractivity (Wildman–Crippen MR) is 115 cm³/mol. The largest absolute Gasteiger partial charge is 0.448 e. The molecule has 1 atom stereocenters. The molecule has 0 radical (unpaired) electrons. The van der Waals surface area contributed by atoms with Gasteiger partial charge < -0.3 is 20.3 Å². The molecule has 3 rings (SSSR count). The smallest absolute Gasteiger partial charge is 0.349 e. The van der Waals surface area contributed by atoms with E-state index in [0.29, 0.717) is 10.9 Å². The van der Waals surface area contributed by atoms with Crippen molar-refractivity contribution in [3.05, 3.63) is 40.5 Å². The molecule has 170 valence electrons. The van der Waals surface area contributed by atoms with Crippen LogP contribution in [0.5, 0.6) is 0 Å². The van der Waals surface area contributed by atoms with Gasteiger partial charge in [0, 0.05) is 14.1 Å². The number of anilines is 2. The van der Waals surface area contributed by atoms with E-state index in [4.69, 9.17) is 4.74 Å². The van der Waals surface area contributed by atoms with Crippen LogP contribution >= 0.6 is 22.7 Å². The predicted octanol–water partition coefficient (Wildman–Crippen LogP) is 3.14. The Bertz CT molecular complexity index is 1160. The summed E-state index contributed by atoms with van der Waals surface area (Å²) >= 11 is 2.54. The first-order chi connectivity index (χ1) is 15.1. The minimum atomic E-state index is -1.73. The lowest BCUT2D eigenvalue weighted by atomic mass is 10.2. The van der Waals surface area contributed by atoms with Gasteiger partial charge in [-0.3, -0.25) is 9.59 Å². The van der Waals surface area contributed by atoms with Crippen LogP contribution in [0.4, 0.5) is 24.0 Å². The van der Waals surface area contributed by atoms with Gasteiger partial charge in [-0.25, -0.2) is 22.9 Å². The third-order valence-corrected chi connectivity index (χ3v) is 6.36. The lowest BCUT2D eigenvalue weighted by Crippen LogP contribution is -2.40. The number of ether oxygens (including phenoxy) is 1. The van der Waals surface area contributed by atoms with Crippen LogP contribution < -0.4 is 15.5 Å². The fourth-order valence-corrected chi connectivity index (χ4v) is 4.43. The second kappa shape index (κ2) is 9.53. The Morgan fingerprint density at radius 2 is 1.88 bits per heavy atom. The standard InChI is InChI=1S/C19H17F3N4O4S2/c1-8(30-18(29)12-6-11-17(31-12)25-19(32-11)26(2)3)16(28)23-7-13(27)24-10-5-4-9(20)14(21)15(10)22/h4-6,8H,7H2,1-3H3,(H,23,28)(H,24,27). The number of amides is 2. The van der Waals surface area contributed by atoms with Gasteiger partial charge in [-0.2, -0.15) is 0 Å². The van der Waals surface area contributed by atoms with Gasteiger partial charge in [0.2, 0.25) is 5.91 Å². The maximum Gasteiger partial charge on any atom is 0.349 e. The molecule has 2 aromatic heterocycles. The Morgan fingerprint density at radius 3 is 2.53 bits per heavy atom. The minimum Gasteiger partial charge on any atom is -0.448 e. The van der Waals surface area contributed by atoms with E-state index in [1.54, 1.807) is 6.07 Å². The van der Waals surface area contributed by atoms with Crippen LogP contribution in [-0.2, 0) is 14.3 Å². The van der Waals surface area contributed by atoms with Crippen molar-refractivity contribution in [2.45, 2.75) is 13.0 Å². The van der Waals surface area contributed by atoms with E-state index in [0.717, 1.165) is 27.2 Å². The summed E-state index contributed by atoms with van der Waals surface area (Å²) in [4.78, 5) is 43.5. The van der Waals surface area contributed by atoms with Gasteiger partial charge in [0.15, 0.2) is 28.7 Å². The van der Waals surface area contributed by atoms with E-state index in [1.807, 2.05) is 24.3 Å². The molecule has 2 heterocycles. The highest BCUT2D eigenvalue weighted by molar-refractivity contribution is 7.29. The summed E-state index contributed by atoms with van der Waals surface area (Å²) < 4.78 is 45.6. The average Bonchev–Trinajstić information content (AvgIpc) is 3.32. The molecule has 0 fully saturated rings. The molecule has 8 nitrogen and oxygen atoms in total. The van der Waals surface area contributed by atoms with E-state index in [1.165, 1.54) is 18.3 Å². The quantitative estimate of drug-likeness (QED) is 0.393. The number of hydrogen-bond donors (Lipinski definition) is 2. The van der Waals surface area contributed by atoms with Crippen molar-refractivity contribution in [2.24, 2.45) is 0 Å². The molecule has 13 heteroatoms. The molecule has 3 aromatic rings. The number of nitrogens with zero attached hydrogens (tertiary/aromatic N) is 2. The van der Waals surface area contributed by atoms with Crippen LogP contribution in [0.25, 0.3) is 9.53 Å². The Morgan fingerprint density at radius 1 is 1.16 bits per heavy atom. The van der Waals surface area contributed by atoms with Crippen molar-refractivity contribution in [3.8, 4) is 0 Å². The zero-order chi connectivity index (χ0) is 23.6. The normalized spacial score (nSPS) is 11.8. The number of fused-ring (bicyclic) bond motifs is 1. The van der Waals surface area contributed by atoms with Gasteiger partial charge in [-0.1, -0.05) is 11.3 Å². The maximum atomic E-state index is 13.6. The molecule has 0 saturated carbocycles. The fraction of sp³-hybridized carbons (Fsp3) is 0.263. The number of carbonyl (C=O) groups excluding carboxylic acids is 3. The number of aromatic nitrogens is 1. The lowest BCUT2D eigenvalue weighted by Gasteiger charge is -2.13. The van der Waals surface area contributed by atoms with Gasteiger partial charge in [0.1, 0.15) is 9.71 Å². The van der Waals surface area contributed by atoms with E-state index in [-0.39, 0.29) is 4.88 Å². The van der Waals surface area contributed by atoms with Crippen LogP contribution in [0, 0.1) is 17.5 Å². The molecule has 0 aliphatic rings. The number of carbonyl (C=O) groups is 3. The summed E-state index contributed by atoms with van der Waals surface area (Å²) in [5.74, 6) is -7.07. The number of nitrogens with one attached hydrogen (secondary N) is 2. The first-order valence-corrected chi connectivity index (χ1v) is 10.7. The summed E-state index contributed by atoms with van der Waals surface area (Å²) in [5.41, 5.74) is -0.577. The van der Waals surface area contributed by atoms with Gasteiger partial charge in [-0.05, 0) is 25.1 Å². The molecule has 1 aromatic carbocycles. The Labute approximate surface area is 188 Å². The molecule has 2 N–H and O–H groups in total. The van der Waals surface area contributed by atoms with Crippen molar-refractivity contribution in [2.75, 3.05) is 30.9 Å². The van der Waals surface area contributed by atoms with Crippen molar-refractivity contribution in [3.63, 3.8) is 0 Å². The zero-order valence-corrected chi connectivity index (χ0v) is 18.6. The van der Waals surface area contributed by atoms with Crippen LogP contribution in [0.2, 0.25) is 0 Å². The summed E-state index contributed by atoms with van der Waals surface area (Å²) in [6, 6.07) is 3.13. The number of hydrogen-bond acceptors (Lipinski definition) is 8. The van der Waals surface area contributed by atoms with Crippen molar-refractivity contribution >= 4 is 60.8 Å². The minimum absolute atomic E-state index is 0.273. The molecule has 0 aliphatic carbocycles. The van der Waals surface area contributed by atoms with E-state index in [2.05, 4.69) is 10.3 Å². The monoisotopic (exact) mass is 486 g/mol. The average molecular weight is 486 g/mol. The number of benzene rings is 1. The third kappa shape index (κ3) is 5.16.